The van der Waals surface area contributed by atoms with Gasteiger partial charge < -0.3 is 28.8 Å². The van der Waals surface area contributed by atoms with Crippen molar-refractivity contribution in [3.63, 3.8) is 0 Å². The van der Waals surface area contributed by atoms with Crippen LogP contribution in [0.5, 0.6) is 40.2 Å². The van der Waals surface area contributed by atoms with Gasteiger partial charge in [-0.05, 0) is 48.5 Å². The first-order valence-electron chi connectivity index (χ1n) is 13.8. The number of carbonyl (C=O) groups excluding carboxylic acids is 2. The first kappa shape index (κ1) is 46.2. The van der Waals surface area contributed by atoms with Crippen molar-refractivity contribution in [2.45, 2.75) is 25.1 Å². The van der Waals surface area contributed by atoms with Crippen LogP contribution in [0.4, 0.5) is 57.1 Å². The van der Waals surface area contributed by atoms with Crippen molar-refractivity contribution in [1.29, 1.82) is 0 Å². The monoisotopic (exact) mass is 936 g/mol. The first-order valence-corrected chi connectivity index (χ1v) is 15.4. The van der Waals surface area contributed by atoms with E-state index in [4.69, 9.17) is 14.6 Å². The average molecular weight is 938 g/mol. The van der Waals surface area contributed by atoms with Gasteiger partial charge in [0.1, 0.15) is 23.1 Å². The highest BCUT2D eigenvalue weighted by Crippen LogP contribution is 2.42. The molecule has 0 radical (unpaired) electrons. The Labute approximate surface area is 316 Å². The van der Waals surface area contributed by atoms with E-state index in [2.05, 4.69) is 46.1 Å². The van der Waals surface area contributed by atoms with Crippen LogP contribution in [0, 0.1) is 5.82 Å². The van der Waals surface area contributed by atoms with Gasteiger partial charge in [0.15, 0.2) is 35.6 Å². The first-order chi connectivity index (χ1) is 25.2. The standard InChI is InChI=1S/C16H9BrF6O4.C8H3BrF4O.C8H7F3O3/c1-25-14-5-9(27-16(21,22)23)2-3-12(14)26-13-6-11(17)10(15(18,19)20)4-8(13)7-24;9-6-2-7(10)4(3-14)1-5(6)8(11,12)13;1-13-7-4-5(2-3-6(7)12)14-8(9,10)11/h2-7H,1H3;1-3H;2-4,12H,1H3. The zero-order valence-corrected chi connectivity index (χ0v) is 30.1. The SMILES string of the molecule is COc1cc(OC(F)(F)F)ccc1O.COc1cc(OC(F)(F)F)ccc1Oc1cc(Br)c(C(F)(F)F)cc1C=O.O=Cc1cc(C(F)(F)F)c(Br)cc1F. The molecule has 0 spiro atoms. The Morgan fingerprint density at radius 3 is 1.44 bits per heavy atom. The Balaban J connectivity index is 0.000000314. The van der Waals surface area contributed by atoms with Gasteiger partial charge >= 0.3 is 25.1 Å². The fourth-order valence-electron chi connectivity index (χ4n) is 3.75. The molecule has 4 aromatic carbocycles. The number of carbonyl (C=O) groups is 2. The van der Waals surface area contributed by atoms with E-state index in [0.29, 0.717) is 18.2 Å². The molecule has 0 saturated heterocycles. The maximum atomic E-state index is 12.9. The number of halogens is 15. The number of aromatic hydroxyl groups is 1. The third-order valence-corrected chi connectivity index (χ3v) is 7.34. The van der Waals surface area contributed by atoms with E-state index in [1.165, 1.54) is 7.11 Å². The average Bonchev–Trinajstić information content (AvgIpc) is 3.04. The Morgan fingerprint density at radius 2 is 1.00 bits per heavy atom. The molecular formula is C32H19Br2F13O8. The van der Waals surface area contributed by atoms with Crippen molar-refractivity contribution in [2.24, 2.45) is 0 Å². The summed E-state index contributed by atoms with van der Waals surface area (Å²) >= 11 is 5.32. The van der Waals surface area contributed by atoms with Crippen molar-refractivity contribution in [3.8, 4) is 40.2 Å². The van der Waals surface area contributed by atoms with Crippen LogP contribution in [-0.4, -0.2) is 44.6 Å². The Hall–Kier alpha value is -4.93. The largest absolute Gasteiger partial charge is 0.573 e. The zero-order chi connectivity index (χ0) is 42.1. The van der Waals surface area contributed by atoms with Crippen LogP contribution >= 0.6 is 31.9 Å². The number of phenols is 1. The van der Waals surface area contributed by atoms with Crippen LogP contribution < -0.4 is 23.7 Å². The number of hydrogen-bond acceptors (Lipinski definition) is 8. The van der Waals surface area contributed by atoms with E-state index in [0.717, 1.165) is 49.6 Å². The Kier molecular flexibility index (Phi) is 15.6. The highest BCUT2D eigenvalue weighted by atomic mass is 79.9. The number of alkyl halides is 12. The second-order valence-corrected chi connectivity index (χ2v) is 11.5. The van der Waals surface area contributed by atoms with Crippen molar-refractivity contribution in [3.05, 3.63) is 97.7 Å². The molecule has 0 amide bonds. The van der Waals surface area contributed by atoms with Gasteiger partial charge in [0, 0.05) is 21.1 Å². The topological polar surface area (TPSA) is 101 Å². The summed E-state index contributed by atoms with van der Waals surface area (Å²) < 4.78 is 182. The van der Waals surface area contributed by atoms with E-state index in [1.54, 1.807) is 0 Å². The molecule has 0 atom stereocenters. The number of hydrogen-bond donors (Lipinski definition) is 1. The third-order valence-electron chi connectivity index (χ3n) is 6.02. The summed E-state index contributed by atoms with van der Waals surface area (Å²) in [4.78, 5) is 21.3. The minimum absolute atomic E-state index is 0.0387. The van der Waals surface area contributed by atoms with Gasteiger partial charge in [-0.3, -0.25) is 9.59 Å². The van der Waals surface area contributed by atoms with E-state index in [1.807, 2.05) is 0 Å². The second kappa shape index (κ2) is 18.6. The lowest BCUT2D eigenvalue weighted by Crippen LogP contribution is -2.17. The molecule has 1 N–H and O–H groups in total. The molecule has 0 unspecified atom stereocenters. The van der Waals surface area contributed by atoms with Crippen LogP contribution in [0.25, 0.3) is 0 Å². The highest BCUT2D eigenvalue weighted by molar-refractivity contribution is 9.10. The summed E-state index contributed by atoms with van der Waals surface area (Å²) in [6.45, 7) is 0. The van der Waals surface area contributed by atoms with Gasteiger partial charge in [-0.15, -0.1) is 26.3 Å². The molecule has 0 aliphatic rings. The maximum Gasteiger partial charge on any atom is 0.573 e. The lowest BCUT2D eigenvalue weighted by Gasteiger charge is -2.16. The molecule has 0 heterocycles. The predicted octanol–water partition coefficient (Wildman–Crippen LogP) is 11.7. The van der Waals surface area contributed by atoms with Crippen LogP contribution in [-0.2, 0) is 12.4 Å². The molecule has 300 valence electrons. The minimum atomic E-state index is -4.92. The molecular weight excluding hydrogens is 919 g/mol. The number of aldehydes is 2. The number of phenolic OH excluding ortho intramolecular Hbond substituents is 1. The highest BCUT2D eigenvalue weighted by Gasteiger charge is 2.36. The van der Waals surface area contributed by atoms with Gasteiger partial charge in [0.2, 0.25) is 0 Å². The summed E-state index contributed by atoms with van der Waals surface area (Å²) in [5.74, 6) is -2.92. The molecule has 0 bridgehead atoms. The lowest BCUT2D eigenvalue weighted by molar-refractivity contribution is -0.275. The molecule has 0 aliphatic heterocycles. The van der Waals surface area contributed by atoms with Crippen molar-refractivity contribution < 1.29 is 95.5 Å². The minimum Gasteiger partial charge on any atom is -0.504 e. The fourth-order valence-corrected chi connectivity index (χ4v) is 4.83. The molecule has 0 aromatic heterocycles. The van der Waals surface area contributed by atoms with Crippen LogP contribution in [0.2, 0.25) is 0 Å². The van der Waals surface area contributed by atoms with Crippen molar-refractivity contribution in [1.82, 2.24) is 0 Å². The van der Waals surface area contributed by atoms with E-state index in [9.17, 15) is 66.7 Å². The number of methoxy groups -OCH3 is 2. The fraction of sp³-hybridized carbons (Fsp3) is 0.188. The van der Waals surface area contributed by atoms with Gasteiger partial charge in [-0.2, -0.15) is 26.3 Å². The summed E-state index contributed by atoms with van der Waals surface area (Å²) in [5, 5.41) is 9.07. The Bertz CT molecular complexity index is 1960. The summed E-state index contributed by atoms with van der Waals surface area (Å²) in [6.07, 6.45) is -18.8. The molecule has 0 fully saturated rings. The van der Waals surface area contributed by atoms with Gasteiger partial charge in [0.25, 0.3) is 0 Å². The van der Waals surface area contributed by atoms with E-state index < -0.39 is 69.1 Å². The molecule has 0 saturated carbocycles. The quantitative estimate of drug-likeness (QED) is 0.138. The Morgan fingerprint density at radius 1 is 0.564 bits per heavy atom. The summed E-state index contributed by atoms with van der Waals surface area (Å²) in [5.41, 5.74) is -3.18. The van der Waals surface area contributed by atoms with E-state index >= 15 is 0 Å². The predicted molar refractivity (Wildman–Crippen MR) is 170 cm³/mol. The van der Waals surface area contributed by atoms with E-state index in [-0.39, 0.29) is 45.8 Å². The van der Waals surface area contributed by atoms with Crippen LogP contribution in [0.15, 0.2) is 69.6 Å². The molecule has 8 nitrogen and oxygen atoms in total. The third kappa shape index (κ3) is 14.3. The summed E-state index contributed by atoms with van der Waals surface area (Å²) in [7, 11) is 2.37. The molecule has 23 heteroatoms. The van der Waals surface area contributed by atoms with Gasteiger partial charge in [-0.25, -0.2) is 4.39 Å². The maximum absolute atomic E-state index is 12.9. The van der Waals surface area contributed by atoms with Crippen LogP contribution in [0.1, 0.15) is 31.8 Å². The second-order valence-electron chi connectivity index (χ2n) is 9.80. The number of rotatable bonds is 8. The molecule has 0 aliphatic carbocycles. The summed E-state index contributed by atoms with van der Waals surface area (Å²) in [6, 6.07) is 8.44. The lowest BCUT2D eigenvalue weighted by atomic mass is 10.1. The molecule has 4 aromatic rings. The van der Waals surface area contributed by atoms with Crippen molar-refractivity contribution in [2.75, 3.05) is 14.2 Å². The smallest absolute Gasteiger partial charge is 0.504 e. The van der Waals surface area contributed by atoms with Crippen LogP contribution in [0.3, 0.4) is 0 Å². The van der Waals surface area contributed by atoms with Crippen molar-refractivity contribution >= 4 is 44.4 Å². The van der Waals surface area contributed by atoms with Gasteiger partial charge in [-0.1, -0.05) is 31.9 Å². The normalized spacial score (nSPS) is 11.6. The number of ether oxygens (including phenoxy) is 5. The zero-order valence-electron chi connectivity index (χ0n) is 26.9. The number of benzene rings is 4. The molecule has 55 heavy (non-hydrogen) atoms. The van der Waals surface area contributed by atoms with Gasteiger partial charge in [0.05, 0.1) is 36.5 Å². The molecule has 4 rings (SSSR count).